The van der Waals surface area contributed by atoms with Crippen molar-refractivity contribution >= 4 is 65.4 Å². The van der Waals surface area contributed by atoms with Crippen molar-refractivity contribution in [3.05, 3.63) is 218 Å². The van der Waals surface area contributed by atoms with E-state index in [1.54, 1.807) is 0 Å². The lowest BCUT2D eigenvalue weighted by atomic mass is 9.89. The highest BCUT2D eigenvalue weighted by atomic mass is 16.3. The number of aromatic nitrogens is 4. The van der Waals surface area contributed by atoms with Crippen LogP contribution in [-0.4, -0.2) is 19.5 Å². The lowest BCUT2D eigenvalue weighted by molar-refractivity contribution is 0.669. The summed E-state index contributed by atoms with van der Waals surface area (Å²) in [6.07, 6.45) is 0. The molecular weight excluding hydrogens is 781 g/mol. The summed E-state index contributed by atoms with van der Waals surface area (Å²) in [5.74, 6) is 0.661. The number of pyridine rings is 1. The summed E-state index contributed by atoms with van der Waals surface area (Å²) in [5.41, 5.74) is 14.9. The Balaban J connectivity index is 0.978. The zero-order valence-corrected chi connectivity index (χ0v) is 34.5. The van der Waals surface area contributed by atoms with Crippen molar-refractivity contribution in [3.8, 4) is 62.0 Å². The van der Waals surface area contributed by atoms with Crippen molar-refractivity contribution in [2.75, 3.05) is 0 Å². The molecule has 0 bridgehead atoms. The Hall–Kier alpha value is -8.67. The summed E-state index contributed by atoms with van der Waals surface area (Å²) in [6.45, 7) is 0. The molecule has 0 unspecified atom stereocenters. The first-order chi connectivity index (χ1) is 31.7. The summed E-state index contributed by atoms with van der Waals surface area (Å²) in [6, 6.07) is 76.5. The second-order valence-electron chi connectivity index (χ2n) is 16.3. The molecule has 13 rings (SSSR count). The average Bonchev–Trinajstić information content (AvgIpc) is 3.92. The van der Waals surface area contributed by atoms with Crippen LogP contribution in [0.25, 0.3) is 127 Å². The first-order valence-corrected chi connectivity index (χ1v) is 21.6. The van der Waals surface area contributed by atoms with Gasteiger partial charge in [-0.05, 0) is 54.1 Å². The van der Waals surface area contributed by atoms with E-state index in [4.69, 9.17) is 19.4 Å². The summed E-state index contributed by atoms with van der Waals surface area (Å²) in [7, 11) is 0. The smallest absolute Gasteiger partial charge is 0.160 e. The zero-order valence-electron chi connectivity index (χ0n) is 34.5. The molecule has 5 heteroatoms. The summed E-state index contributed by atoms with van der Waals surface area (Å²) < 4.78 is 8.96. The van der Waals surface area contributed by atoms with Gasteiger partial charge in [-0.25, -0.2) is 15.0 Å². The average molecular weight is 817 g/mol. The van der Waals surface area contributed by atoms with Gasteiger partial charge in [0.1, 0.15) is 11.2 Å². The molecule has 4 aromatic heterocycles. The van der Waals surface area contributed by atoms with Gasteiger partial charge in [0.25, 0.3) is 0 Å². The third kappa shape index (κ3) is 5.75. The highest BCUT2D eigenvalue weighted by Gasteiger charge is 2.22. The predicted molar refractivity (Wildman–Crippen MR) is 264 cm³/mol. The molecule has 0 saturated heterocycles. The molecule has 9 aromatic carbocycles. The van der Waals surface area contributed by atoms with Crippen molar-refractivity contribution in [2.45, 2.75) is 0 Å². The van der Waals surface area contributed by atoms with Crippen LogP contribution in [-0.2, 0) is 0 Å². The number of rotatable bonds is 6. The SMILES string of the molecule is c1ccc(-c2cc(-c3ccc(-c4nc5ccccc5c5c(-c6ccccc6)c6c(cc45)oc4ccccc46)cc3)nc(-c3cccc(-n4c5ccccc5c5ccccc54)c3)n2)cc1. The highest BCUT2D eigenvalue weighted by molar-refractivity contribution is 6.27. The van der Waals surface area contributed by atoms with Crippen LogP contribution in [0.1, 0.15) is 0 Å². The Labute approximate surface area is 368 Å². The van der Waals surface area contributed by atoms with Crippen molar-refractivity contribution < 1.29 is 4.42 Å². The largest absolute Gasteiger partial charge is 0.456 e. The van der Waals surface area contributed by atoms with Crippen LogP contribution < -0.4 is 0 Å². The molecule has 64 heavy (non-hydrogen) atoms. The molecule has 4 heterocycles. The quantitative estimate of drug-likeness (QED) is 0.157. The fourth-order valence-corrected chi connectivity index (χ4v) is 9.69. The maximum Gasteiger partial charge on any atom is 0.160 e. The Bertz CT molecular complexity index is 3890. The Morgan fingerprint density at radius 1 is 0.344 bits per heavy atom. The molecule has 0 aliphatic carbocycles. The molecule has 0 spiro atoms. The standard InChI is InChI=1S/C59H36N4O/c1-3-16-37(17-4-1)49-36-50(62-59(61-49)41-20-15-21-42(34-41)63-51-27-12-8-22-43(51)44-23-9-13-28-52(44)63)38-30-32-40(33-31-38)58-47-35-54-57(46-25-10-14-29-53(46)64-54)55(39-18-5-2-6-19-39)56(47)45-24-7-11-26-48(45)60-58/h1-36H. The minimum atomic E-state index is 0.661. The predicted octanol–water partition coefficient (Wildman–Crippen LogP) is 15.5. The van der Waals surface area contributed by atoms with Gasteiger partial charge in [-0.1, -0.05) is 170 Å². The summed E-state index contributed by atoms with van der Waals surface area (Å²) >= 11 is 0. The van der Waals surface area contributed by atoms with Crippen LogP contribution in [0.5, 0.6) is 0 Å². The molecule has 13 aromatic rings. The highest BCUT2D eigenvalue weighted by Crippen LogP contribution is 2.46. The van der Waals surface area contributed by atoms with Crippen LogP contribution in [0.4, 0.5) is 0 Å². The number of fused-ring (bicyclic) bond motifs is 9. The minimum absolute atomic E-state index is 0.661. The summed E-state index contributed by atoms with van der Waals surface area (Å²) in [4.78, 5) is 15.9. The molecule has 0 atom stereocenters. The minimum Gasteiger partial charge on any atom is -0.456 e. The van der Waals surface area contributed by atoms with Crippen molar-refractivity contribution in [1.29, 1.82) is 0 Å². The fourth-order valence-electron chi connectivity index (χ4n) is 9.69. The Morgan fingerprint density at radius 2 is 0.906 bits per heavy atom. The van der Waals surface area contributed by atoms with E-state index in [1.165, 1.54) is 10.8 Å². The molecule has 0 aliphatic rings. The van der Waals surface area contributed by atoms with E-state index in [-0.39, 0.29) is 0 Å². The maximum atomic E-state index is 6.62. The lowest BCUT2D eigenvalue weighted by Gasteiger charge is -2.16. The number of hydrogen-bond acceptors (Lipinski definition) is 4. The van der Waals surface area contributed by atoms with Gasteiger partial charge in [-0.15, -0.1) is 0 Å². The van der Waals surface area contributed by atoms with E-state index in [9.17, 15) is 0 Å². The molecule has 0 radical (unpaired) electrons. The first kappa shape index (κ1) is 36.0. The van der Waals surface area contributed by atoms with Gasteiger partial charge >= 0.3 is 0 Å². The van der Waals surface area contributed by atoms with Crippen molar-refractivity contribution in [2.24, 2.45) is 0 Å². The maximum absolute atomic E-state index is 6.62. The van der Waals surface area contributed by atoms with Gasteiger partial charge in [-0.3, -0.25) is 0 Å². The first-order valence-electron chi connectivity index (χ1n) is 21.6. The monoisotopic (exact) mass is 816 g/mol. The normalized spacial score (nSPS) is 11.8. The fraction of sp³-hybridized carbons (Fsp3) is 0. The zero-order chi connectivity index (χ0) is 42.1. The summed E-state index contributed by atoms with van der Waals surface area (Å²) in [5, 5.41) is 7.96. The van der Waals surface area contributed by atoms with Crippen LogP contribution in [0.3, 0.4) is 0 Å². The van der Waals surface area contributed by atoms with E-state index in [1.807, 2.05) is 12.1 Å². The lowest BCUT2D eigenvalue weighted by Crippen LogP contribution is -1.98. The van der Waals surface area contributed by atoms with Gasteiger partial charge in [0.05, 0.1) is 33.6 Å². The van der Waals surface area contributed by atoms with Gasteiger partial charge in [0.15, 0.2) is 5.82 Å². The van der Waals surface area contributed by atoms with Crippen molar-refractivity contribution in [1.82, 2.24) is 19.5 Å². The van der Waals surface area contributed by atoms with Crippen LogP contribution in [0.15, 0.2) is 223 Å². The molecular formula is C59H36N4O. The van der Waals surface area contributed by atoms with Crippen LogP contribution in [0, 0.1) is 0 Å². The second kappa shape index (κ2) is 14.5. The number of benzene rings is 9. The van der Waals surface area contributed by atoms with Crippen LogP contribution >= 0.6 is 0 Å². The van der Waals surface area contributed by atoms with Gasteiger partial charge < -0.3 is 8.98 Å². The van der Waals surface area contributed by atoms with Crippen LogP contribution in [0.2, 0.25) is 0 Å². The molecule has 0 saturated carbocycles. The van der Waals surface area contributed by atoms with E-state index in [0.29, 0.717) is 5.82 Å². The van der Waals surface area contributed by atoms with Gasteiger partial charge in [0.2, 0.25) is 0 Å². The molecule has 0 N–H and O–H groups in total. The number of nitrogens with zero attached hydrogens (tertiary/aromatic N) is 4. The number of hydrogen-bond donors (Lipinski definition) is 0. The van der Waals surface area contributed by atoms with E-state index in [2.05, 4.69) is 211 Å². The van der Waals surface area contributed by atoms with Gasteiger partial charge in [-0.2, -0.15) is 0 Å². The van der Waals surface area contributed by atoms with Crippen molar-refractivity contribution in [3.63, 3.8) is 0 Å². The Kier molecular flexibility index (Phi) is 8.15. The second-order valence-corrected chi connectivity index (χ2v) is 16.3. The number of para-hydroxylation sites is 4. The van der Waals surface area contributed by atoms with E-state index >= 15 is 0 Å². The third-order valence-corrected chi connectivity index (χ3v) is 12.6. The topological polar surface area (TPSA) is 56.7 Å². The number of furan rings is 1. The molecule has 5 nitrogen and oxygen atoms in total. The molecule has 0 fully saturated rings. The Morgan fingerprint density at radius 3 is 1.62 bits per heavy atom. The molecule has 298 valence electrons. The third-order valence-electron chi connectivity index (χ3n) is 12.6. The van der Waals surface area contributed by atoms with E-state index < -0.39 is 0 Å². The van der Waals surface area contributed by atoms with E-state index in [0.717, 1.165) is 111 Å². The molecule has 0 aliphatic heterocycles. The molecule has 0 amide bonds. The van der Waals surface area contributed by atoms with Gasteiger partial charge in [0, 0.05) is 71.2 Å².